The van der Waals surface area contributed by atoms with Crippen molar-refractivity contribution in [1.29, 1.82) is 0 Å². The van der Waals surface area contributed by atoms with Crippen molar-refractivity contribution in [1.82, 2.24) is 9.97 Å². The maximum absolute atomic E-state index is 13.4. The Bertz CT molecular complexity index is 1190. The van der Waals surface area contributed by atoms with Gasteiger partial charge in [-0.15, -0.1) is 11.8 Å². The zero-order chi connectivity index (χ0) is 21.1. The van der Waals surface area contributed by atoms with Gasteiger partial charge in [0.1, 0.15) is 0 Å². The number of hydrogen-bond acceptors (Lipinski definition) is 5. The lowest BCUT2D eigenvalue weighted by Crippen LogP contribution is -2.32. The Kier molecular flexibility index (Phi) is 6.16. The number of benzene rings is 2. The quantitative estimate of drug-likeness (QED) is 0.360. The number of hydrogen-bond donors (Lipinski definition) is 0. The normalized spacial score (nSPS) is 11.0. The zero-order valence-electron chi connectivity index (χ0n) is 17.3. The van der Waals surface area contributed by atoms with Crippen LogP contribution in [0.15, 0.2) is 65.8 Å². The fourth-order valence-corrected chi connectivity index (χ4v) is 4.91. The van der Waals surface area contributed by atoms with Gasteiger partial charge in [0.05, 0.1) is 23.2 Å². The maximum atomic E-state index is 13.4. The van der Waals surface area contributed by atoms with Crippen molar-refractivity contribution in [2.75, 3.05) is 11.2 Å². The number of nitrogens with zero attached hydrogens (tertiary/aromatic N) is 3. The molecule has 0 fully saturated rings. The van der Waals surface area contributed by atoms with Gasteiger partial charge in [-0.2, -0.15) is 0 Å². The van der Waals surface area contributed by atoms with E-state index in [0.29, 0.717) is 13.0 Å². The minimum Gasteiger partial charge on any atom is -0.283 e. The van der Waals surface area contributed by atoms with Gasteiger partial charge in [0, 0.05) is 17.3 Å². The van der Waals surface area contributed by atoms with Crippen molar-refractivity contribution in [2.24, 2.45) is 0 Å². The number of thioether (sulfide) groups is 1. The van der Waals surface area contributed by atoms with Gasteiger partial charge in [0.25, 0.3) is 0 Å². The molecule has 0 saturated carbocycles. The van der Waals surface area contributed by atoms with Crippen LogP contribution in [-0.4, -0.2) is 22.1 Å². The van der Waals surface area contributed by atoms with Crippen LogP contribution < -0.4 is 4.90 Å². The Hall–Kier alpha value is -2.70. The number of rotatable bonds is 6. The topological polar surface area (TPSA) is 46.1 Å². The summed E-state index contributed by atoms with van der Waals surface area (Å²) >= 11 is 3.26. The molecule has 2 heterocycles. The molecule has 0 aliphatic heterocycles. The molecule has 4 rings (SSSR count). The van der Waals surface area contributed by atoms with E-state index < -0.39 is 0 Å². The van der Waals surface area contributed by atoms with E-state index in [1.54, 1.807) is 40.4 Å². The number of amides is 1. The summed E-state index contributed by atoms with van der Waals surface area (Å²) in [5.74, 6) is 0.0370. The van der Waals surface area contributed by atoms with Gasteiger partial charge in [-0.25, -0.2) is 4.98 Å². The third kappa shape index (κ3) is 4.55. The summed E-state index contributed by atoms with van der Waals surface area (Å²) < 4.78 is 1.09. The zero-order valence-corrected chi connectivity index (χ0v) is 18.9. The van der Waals surface area contributed by atoms with E-state index in [0.717, 1.165) is 32.0 Å². The number of pyridine rings is 1. The van der Waals surface area contributed by atoms with Gasteiger partial charge in [-0.1, -0.05) is 41.2 Å². The Morgan fingerprint density at radius 1 is 1.13 bits per heavy atom. The highest BCUT2D eigenvalue weighted by molar-refractivity contribution is 7.98. The Morgan fingerprint density at radius 3 is 2.73 bits per heavy atom. The summed E-state index contributed by atoms with van der Waals surface area (Å²) in [5, 5.41) is 0.724. The Balaban J connectivity index is 1.69. The van der Waals surface area contributed by atoms with Crippen molar-refractivity contribution >= 4 is 44.4 Å². The first kappa shape index (κ1) is 20.6. The van der Waals surface area contributed by atoms with Crippen molar-refractivity contribution in [3.63, 3.8) is 0 Å². The standard InChI is InChI=1S/C24H23N3OS2/c1-16-6-7-19(17(2)11-16)12-23(28)27(15-18-5-4-10-25-14-18)24-26-21-9-8-20(29-3)13-22(21)30-24/h4-11,13-14H,12,15H2,1-3H3. The van der Waals surface area contributed by atoms with E-state index in [2.05, 4.69) is 49.4 Å². The van der Waals surface area contributed by atoms with E-state index in [1.165, 1.54) is 10.5 Å². The lowest BCUT2D eigenvalue weighted by Gasteiger charge is -2.20. The number of carbonyl (C=O) groups is 1. The monoisotopic (exact) mass is 433 g/mol. The molecule has 6 heteroatoms. The molecule has 0 N–H and O–H groups in total. The summed E-state index contributed by atoms with van der Waals surface area (Å²) in [6.07, 6.45) is 5.95. The number of anilines is 1. The van der Waals surface area contributed by atoms with Gasteiger partial charge in [0.2, 0.25) is 5.91 Å². The SMILES string of the molecule is CSc1ccc2nc(N(Cc3cccnc3)C(=O)Cc3ccc(C)cc3C)sc2c1. The van der Waals surface area contributed by atoms with E-state index in [1.807, 2.05) is 24.3 Å². The van der Waals surface area contributed by atoms with Gasteiger partial charge in [-0.3, -0.25) is 14.7 Å². The smallest absolute Gasteiger partial charge is 0.233 e. The van der Waals surface area contributed by atoms with Crippen LogP contribution >= 0.6 is 23.1 Å². The third-order valence-electron chi connectivity index (χ3n) is 5.02. The van der Waals surface area contributed by atoms with Crippen molar-refractivity contribution in [3.8, 4) is 0 Å². The van der Waals surface area contributed by atoms with Gasteiger partial charge < -0.3 is 0 Å². The first-order valence-corrected chi connectivity index (χ1v) is 11.8. The molecule has 0 aliphatic rings. The fraction of sp³-hybridized carbons (Fsp3) is 0.208. The molecular formula is C24H23N3OS2. The number of aryl methyl sites for hydroxylation is 2. The summed E-state index contributed by atoms with van der Waals surface area (Å²) in [6.45, 7) is 4.58. The molecule has 1 amide bonds. The first-order valence-electron chi connectivity index (χ1n) is 9.73. The molecule has 0 radical (unpaired) electrons. The van der Waals surface area contributed by atoms with Crippen LogP contribution in [0.2, 0.25) is 0 Å². The van der Waals surface area contributed by atoms with Crippen LogP contribution in [-0.2, 0) is 17.8 Å². The summed E-state index contributed by atoms with van der Waals surface area (Å²) in [4.78, 5) is 25.4. The van der Waals surface area contributed by atoms with Gasteiger partial charge in [-0.05, 0) is 61.1 Å². The van der Waals surface area contributed by atoms with Crippen LogP contribution in [0.4, 0.5) is 5.13 Å². The molecular weight excluding hydrogens is 410 g/mol. The third-order valence-corrected chi connectivity index (χ3v) is 6.79. The second-order valence-electron chi connectivity index (χ2n) is 7.28. The number of carbonyl (C=O) groups excluding carboxylic acids is 1. The van der Waals surface area contributed by atoms with Gasteiger partial charge in [0.15, 0.2) is 5.13 Å². The largest absolute Gasteiger partial charge is 0.283 e. The summed E-state index contributed by atoms with van der Waals surface area (Å²) in [5.41, 5.74) is 5.29. The molecule has 4 nitrogen and oxygen atoms in total. The van der Waals surface area contributed by atoms with Crippen molar-refractivity contribution < 1.29 is 4.79 Å². The maximum Gasteiger partial charge on any atom is 0.233 e. The predicted octanol–water partition coefficient (Wildman–Crippen LogP) is 5.81. The molecule has 2 aromatic carbocycles. The number of thiazole rings is 1. The molecule has 0 bridgehead atoms. The fourth-order valence-electron chi connectivity index (χ4n) is 3.37. The molecule has 30 heavy (non-hydrogen) atoms. The Morgan fingerprint density at radius 2 is 2.00 bits per heavy atom. The van der Waals surface area contributed by atoms with Crippen molar-refractivity contribution in [2.45, 2.75) is 31.7 Å². The van der Waals surface area contributed by atoms with Crippen molar-refractivity contribution in [3.05, 3.63) is 83.2 Å². The summed E-state index contributed by atoms with van der Waals surface area (Å²) in [7, 11) is 0. The molecule has 0 aliphatic carbocycles. The lowest BCUT2D eigenvalue weighted by molar-refractivity contribution is -0.118. The Labute approximate surface area is 185 Å². The van der Waals surface area contributed by atoms with Crippen LogP contribution in [0.5, 0.6) is 0 Å². The molecule has 0 atom stereocenters. The van der Waals surface area contributed by atoms with E-state index >= 15 is 0 Å². The average Bonchev–Trinajstić information content (AvgIpc) is 3.17. The van der Waals surface area contributed by atoms with E-state index in [-0.39, 0.29) is 5.91 Å². The first-order chi connectivity index (χ1) is 14.5. The molecule has 2 aromatic heterocycles. The van der Waals surface area contributed by atoms with Crippen LogP contribution in [0.1, 0.15) is 22.3 Å². The summed E-state index contributed by atoms with van der Waals surface area (Å²) in [6, 6.07) is 16.3. The van der Waals surface area contributed by atoms with Crippen LogP contribution in [0.25, 0.3) is 10.2 Å². The van der Waals surface area contributed by atoms with E-state index in [4.69, 9.17) is 4.98 Å². The average molecular weight is 434 g/mol. The van der Waals surface area contributed by atoms with Crippen LogP contribution in [0, 0.1) is 13.8 Å². The molecule has 0 spiro atoms. The highest BCUT2D eigenvalue weighted by atomic mass is 32.2. The molecule has 4 aromatic rings. The van der Waals surface area contributed by atoms with E-state index in [9.17, 15) is 4.79 Å². The minimum absolute atomic E-state index is 0.0370. The molecule has 0 saturated heterocycles. The minimum atomic E-state index is 0.0370. The van der Waals surface area contributed by atoms with Crippen LogP contribution in [0.3, 0.4) is 0 Å². The highest BCUT2D eigenvalue weighted by Gasteiger charge is 2.21. The second-order valence-corrected chi connectivity index (χ2v) is 9.17. The molecule has 0 unspecified atom stereocenters. The van der Waals surface area contributed by atoms with Gasteiger partial charge >= 0.3 is 0 Å². The second kappa shape index (κ2) is 8.98. The predicted molar refractivity (Wildman–Crippen MR) is 126 cm³/mol. The highest BCUT2D eigenvalue weighted by Crippen LogP contribution is 2.32. The molecule has 152 valence electrons. The lowest BCUT2D eigenvalue weighted by atomic mass is 10.0. The number of fused-ring (bicyclic) bond motifs is 1. The number of aromatic nitrogens is 2.